The molecule has 0 radical (unpaired) electrons. The zero-order valence-electron chi connectivity index (χ0n) is 14.9. The monoisotopic (exact) mass is 362 g/mol. The zero-order valence-corrected chi connectivity index (χ0v) is 15.7. The summed E-state index contributed by atoms with van der Waals surface area (Å²) < 4.78 is 5.26. The van der Waals surface area contributed by atoms with Crippen molar-refractivity contribution in [2.24, 2.45) is 5.92 Å². The smallest absolute Gasteiger partial charge is 0.227 e. The number of hydrogen-bond acceptors (Lipinski definition) is 3. The van der Waals surface area contributed by atoms with Crippen LogP contribution in [0.15, 0.2) is 36.4 Å². The Bertz CT molecular complexity index is 714. The van der Waals surface area contributed by atoms with Crippen LogP contribution in [0.4, 0.5) is 0 Å². The third kappa shape index (κ3) is 4.86. The molecule has 0 aromatic heterocycles. The molecule has 0 bridgehead atoms. The number of benzene rings is 2. The molecule has 0 spiro atoms. The summed E-state index contributed by atoms with van der Waals surface area (Å²) in [4.78, 5) is 12.4. The number of carbonyl (C=O) groups excluding carboxylic acids is 1. The number of hydrogen-bond donors (Lipinski definition) is 2. The van der Waals surface area contributed by atoms with Gasteiger partial charge in [0, 0.05) is 6.54 Å². The van der Waals surface area contributed by atoms with Gasteiger partial charge >= 0.3 is 0 Å². The van der Waals surface area contributed by atoms with Crippen molar-refractivity contribution in [1.29, 1.82) is 0 Å². The lowest BCUT2D eigenvalue weighted by molar-refractivity contribution is -0.122. The van der Waals surface area contributed by atoms with Crippen LogP contribution in [0.5, 0.6) is 5.75 Å². The summed E-state index contributed by atoms with van der Waals surface area (Å²) in [5.74, 6) is 1.52. The first-order chi connectivity index (χ1) is 11.7. The molecule has 4 nitrogen and oxygen atoms in total. The third-order valence-electron chi connectivity index (χ3n) is 4.98. The maximum atomic E-state index is 12.4. The van der Waals surface area contributed by atoms with Gasteiger partial charge in [0.15, 0.2) is 0 Å². The predicted molar refractivity (Wildman–Crippen MR) is 105 cm³/mol. The van der Waals surface area contributed by atoms with Crippen LogP contribution in [0.25, 0.3) is 10.8 Å². The highest BCUT2D eigenvalue weighted by Gasteiger charge is 2.17. The van der Waals surface area contributed by atoms with Crippen LogP contribution in [0.1, 0.15) is 31.2 Å². The largest absolute Gasteiger partial charge is 0.497 e. The van der Waals surface area contributed by atoms with E-state index in [2.05, 4.69) is 22.8 Å². The molecule has 2 unspecified atom stereocenters. The average molecular weight is 363 g/mol. The summed E-state index contributed by atoms with van der Waals surface area (Å²) in [6.07, 6.45) is 2.28. The molecule has 1 aliphatic heterocycles. The lowest BCUT2D eigenvalue weighted by Gasteiger charge is -2.15. The van der Waals surface area contributed by atoms with Crippen molar-refractivity contribution in [1.82, 2.24) is 10.6 Å². The number of ether oxygens (including phenoxy) is 1. The molecule has 1 fully saturated rings. The molecular formula is C20H27ClN2O2. The predicted octanol–water partition coefficient (Wildman–Crippen LogP) is 3.49. The summed E-state index contributed by atoms with van der Waals surface area (Å²) in [5, 5.41) is 8.70. The minimum absolute atomic E-state index is 0. The summed E-state index contributed by atoms with van der Waals surface area (Å²) in [7, 11) is 1.67. The number of carbonyl (C=O) groups is 1. The van der Waals surface area contributed by atoms with Gasteiger partial charge < -0.3 is 15.4 Å². The molecule has 3 rings (SSSR count). The quantitative estimate of drug-likeness (QED) is 0.827. The molecule has 0 saturated carbocycles. The Balaban J connectivity index is 0.00000225. The average Bonchev–Trinajstić information content (AvgIpc) is 3.13. The second-order valence-corrected chi connectivity index (χ2v) is 6.63. The first-order valence-corrected chi connectivity index (χ1v) is 8.73. The minimum atomic E-state index is -0.141. The summed E-state index contributed by atoms with van der Waals surface area (Å²) in [6, 6.07) is 12.2. The van der Waals surface area contributed by atoms with E-state index in [-0.39, 0.29) is 24.2 Å². The van der Waals surface area contributed by atoms with E-state index < -0.39 is 0 Å². The second-order valence-electron chi connectivity index (χ2n) is 6.63. The molecule has 1 aliphatic rings. The van der Waals surface area contributed by atoms with Crippen molar-refractivity contribution in [2.45, 2.75) is 25.7 Å². The molecule has 2 atom stereocenters. The van der Waals surface area contributed by atoms with E-state index >= 15 is 0 Å². The minimum Gasteiger partial charge on any atom is -0.497 e. The van der Waals surface area contributed by atoms with Crippen LogP contribution < -0.4 is 15.4 Å². The Hall–Kier alpha value is -1.78. The normalized spacial score (nSPS) is 17.8. The van der Waals surface area contributed by atoms with Crippen LogP contribution in [0.2, 0.25) is 0 Å². The van der Waals surface area contributed by atoms with Gasteiger partial charge in [-0.25, -0.2) is 0 Å². The number of rotatable bonds is 6. The van der Waals surface area contributed by atoms with E-state index in [0.717, 1.165) is 48.1 Å². The molecule has 136 valence electrons. The van der Waals surface area contributed by atoms with Crippen LogP contribution in [-0.2, 0) is 4.79 Å². The van der Waals surface area contributed by atoms with E-state index in [1.54, 1.807) is 7.11 Å². The third-order valence-corrected chi connectivity index (χ3v) is 4.98. The Morgan fingerprint density at radius 2 is 2.04 bits per heavy atom. The number of fused-ring (bicyclic) bond motifs is 1. The highest BCUT2D eigenvalue weighted by Crippen LogP contribution is 2.25. The van der Waals surface area contributed by atoms with Gasteiger partial charge in [0.2, 0.25) is 5.91 Å². The molecule has 5 heteroatoms. The van der Waals surface area contributed by atoms with Gasteiger partial charge in [-0.3, -0.25) is 4.79 Å². The first-order valence-electron chi connectivity index (χ1n) is 8.73. The fourth-order valence-electron chi connectivity index (χ4n) is 3.30. The topological polar surface area (TPSA) is 50.4 Å². The van der Waals surface area contributed by atoms with Crippen LogP contribution in [0.3, 0.4) is 0 Å². The summed E-state index contributed by atoms with van der Waals surface area (Å²) in [6.45, 7) is 4.92. The number of halogens is 1. The highest BCUT2D eigenvalue weighted by molar-refractivity contribution is 5.88. The van der Waals surface area contributed by atoms with E-state index in [9.17, 15) is 4.79 Å². The van der Waals surface area contributed by atoms with Gasteiger partial charge in [-0.2, -0.15) is 0 Å². The number of methoxy groups -OCH3 is 1. The highest BCUT2D eigenvalue weighted by atomic mass is 35.5. The van der Waals surface area contributed by atoms with Crippen molar-refractivity contribution in [3.8, 4) is 5.75 Å². The van der Waals surface area contributed by atoms with Crippen LogP contribution in [0, 0.1) is 5.92 Å². The van der Waals surface area contributed by atoms with Gasteiger partial charge in [-0.1, -0.05) is 24.3 Å². The Morgan fingerprint density at radius 3 is 2.76 bits per heavy atom. The molecule has 2 N–H and O–H groups in total. The van der Waals surface area contributed by atoms with Crippen molar-refractivity contribution in [3.63, 3.8) is 0 Å². The fourth-order valence-corrected chi connectivity index (χ4v) is 3.30. The fraction of sp³-hybridized carbons (Fsp3) is 0.450. The van der Waals surface area contributed by atoms with Crippen molar-refractivity contribution >= 4 is 29.1 Å². The van der Waals surface area contributed by atoms with Gasteiger partial charge in [0.05, 0.1) is 13.0 Å². The lowest BCUT2D eigenvalue weighted by Crippen LogP contribution is -2.30. The van der Waals surface area contributed by atoms with E-state index in [1.807, 2.05) is 31.2 Å². The Kier molecular flexibility index (Phi) is 7.09. The Morgan fingerprint density at radius 1 is 1.28 bits per heavy atom. The molecule has 2 aromatic rings. The van der Waals surface area contributed by atoms with Crippen molar-refractivity contribution in [3.05, 3.63) is 42.0 Å². The molecule has 1 heterocycles. The molecule has 1 saturated heterocycles. The Labute approximate surface area is 155 Å². The standard InChI is InChI=1S/C20H26N2O2.ClH/c1-14(20(23)22-10-8-15-7-9-21-13-15)16-3-4-18-12-19(24-2)6-5-17(18)11-16;/h3-6,11-12,14-15,21H,7-10,13H2,1-2H3,(H,22,23);1H. The molecule has 0 aliphatic carbocycles. The van der Waals surface area contributed by atoms with Gasteiger partial charge in [0.25, 0.3) is 0 Å². The molecule has 25 heavy (non-hydrogen) atoms. The molecule has 2 aromatic carbocycles. The summed E-state index contributed by atoms with van der Waals surface area (Å²) >= 11 is 0. The SMILES string of the molecule is COc1ccc2cc(C(C)C(=O)NCCC3CCNC3)ccc2c1.Cl. The van der Waals surface area contributed by atoms with Gasteiger partial charge in [0.1, 0.15) is 5.75 Å². The maximum Gasteiger partial charge on any atom is 0.227 e. The van der Waals surface area contributed by atoms with Gasteiger partial charge in [-0.15, -0.1) is 12.4 Å². The number of nitrogens with one attached hydrogen (secondary N) is 2. The van der Waals surface area contributed by atoms with Crippen molar-refractivity contribution < 1.29 is 9.53 Å². The molecular weight excluding hydrogens is 336 g/mol. The van der Waals surface area contributed by atoms with Gasteiger partial charge in [-0.05, 0) is 67.2 Å². The number of amides is 1. The maximum absolute atomic E-state index is 12.4. The zero-order chi connectivity index (χ0) is 16.9. The van der Waals surface area contributed by atoms with E-state index in [0.29, 0.717) is 5.92 Å². The van der Waals surface area contributed by atoms with Crippen LogP contribution in [-0.4, -0.2) is 32.7 Å². The van der Waals surface area contributed by atoms with Crippen LogP contribution >= 0.6 is 12.4 Å². The van der Waals surface area contributed by atoms with E-state index in [1.165, 1.54) is 6.42 Å². The summed E-state index contributed by atoms with van der Waals surface area (Å²) in [5.41, 5.74) is 1.05. The first kappa shape index (κ1) is 19.5. The van der Waals surface area contributed by atoms with E-state index in [4.69, 9.17) is 4.74 Å². The molecule has 1 amide bonds. The second kappa shape index (κ2) is 9.07. The lowest BCUT2D eigenvalue weighted by atomic mass is 9.96. The van der Waals surface area contributed by atoms with Crippen molar-refractivity contribution in [2.75, 3.05) is 26.7 Å².